The molecular formula is C11H14BrN3. The molecule has 0 aromatic carbocycles. The predicted molar refractivity (Wildman–Crippen MR) is 64.9 cm³/mol. The lowest BCUT2D eigenvalue weighted by molar-refractivity contribution is 0.557. The molecule has 2 rings (SSSR count). The van der Waals surface area contributed by atoms with Crippen LogP contribution in [0.25, 0.3) is 11.0 Å². The van der Waals surface area contributed by atoms with Gasteiger partial charge in [0.1, 0.15) is 0 Å². The number of aromatic nitrogens is 3. The maximum Gasteiger partial charge on any atom is 0.158 e. The maximum absolute atomic E-state index is 4.55. The van der Waals surface area contributed by atoms with Gasteiger partial charge in [0.15, 0.2) is 5.65 Å². The number of hydrogen-bond acceptors (Lipinski definition) is 2. The fourth-order valence-electron chi connectivity index (χ4n) is 1.66. The van der Waals surface area contributed by atoms with Crippen LogP contribution in [0.15, 0.2) is 16.7 Å². The van der Waals surface area contributed by atoms with Crippen molar-refractivity contribution in [2.75, 3.05) is 0 Å². The Balaban J connectivity index is 2.88. The molecule has 0 atom stereocenters. The van der Waals surface area contributed by atoms with Crippen LogP contribution in [0, 0.1) is 0 Å². The van der Waals surface area contributed by atoms with Gasteiger partial charge in [0.2, 0.25) is 0 Å². The Hall–Kier alpha value is -0.900. The zero-order chi connectivity index (χ0) is 11.2. The van der Waals surface area contributed by atoms with Crippen LogP contribution in [0.5, 0.6) is 0 Å². The lowest BCUT2D eigenvalue weighted by atomic mass is 9.90. The quantitative estimate of drug-likeness (QED) is 0.735. The largest absolute Gasteiger partial charge is 0.250 e. The van der Waals surface area contributed by atoms with E-state index in [0.29, 0.717) is 0 Å². The molecule has 0 unspecified atom stereocenters. The third-order valence-electron chi connectivity index (χ3n) is 2.38. The van der Waals surface area contributed by atoms with Gasteiger partial charge in [-0.3, -0.25) is 4.68 Å². The molecule has 0 bridgehead atoms. The van der Waals surface area contributed by atoms with Gasteiger partial charge in [-0.1, -0.05) is 20.8 Å². The summed E-state index contributed by atoms with van der Waals surface area (Å²) in [5, 5.41) is 5.66. The molecule has 0 radical (unpaired) electrons. The smallest absolute Gasteiger partial charge is 0.158 e. The first-order valence-corrected chi connectivity index (χ1v) is 5.68. The van der Waals surface area contributed by atoms with Gasteiger partial charge < -0.3 is 0 Å². The van der Waals surface area contributed by atoms with E-state index in [1.165, 1.54) is 0 Å². The number of rotatable bonds is 0. The number of pyridine rings is 1. The third-order valence-corrected chi connectivity index (χ3v) is 3.04. The van der Waals surface area contributed by atoms with E-state index in [4.69, 9.17) is 0 Å². The molecule has 4 heteroatoms. The van der Waals surface area contributed by atoms with Crippen LogP contribution in [0.1, 0.15) is 26.5 Å². The average molecular weight is 268 g/mol. The summed E-state index contributed by atoms with van der Waals surface area (Å²) >= 11 is 3.56. The fourth-order valence-corrected chi connectivity index (χ4v) is 2.15. The van der Waals surface area contributed by atoms with Crippen LogP contribution in [0.4, 0.5) is 0 Å². The van der Waals surface area contributed by atoms with E-state index < -0.39 is 0 Å². The van der Waals surface area contributed by atoms with Crippen molar-refractivity contribution in [2.45, 2.75) is 26.2 Å². The first-order valence-electron chi connectivity index (χ1n) is 4.89. The molecule has 2 aromatic heterocycles. The van der Waals surface area contributed by atoms with Crippen molar-refractivity contribution in [1.82, 2.24) is 14.8 Å². The fraction of sp³-hybridized carbons (Fsp3) is 0.455. The number of hydrogen-bond donors (Lipinski definition) is 0. The Labute approximate surface area is 97.6 Å². The molecule has 0 aliphatic carbocycles. The zero-order valence-corrected chi connectivity index (χ0v) is 11.0. The second kappa shape index (κ2) is 3.30. The molecule has 15 heavy (non-hydrogen) atoms. The van der Waals surface area contributed by atoms with Crippen molar-refractivity contribution < 1.29 is 0 Å². The molecule has 0 saturated carbocycles. The second-order valence-corrected chi connectivity index (χ2v) is 5.57. The molecular weight excluding hydrogens is 254 g/mol. The molecule has 2 aromatic rings. The van der Waals surface area contributed by atoms with Gasteiger partial charge in [0.05, 0.1) is 11.1 Å². The first kappa shape index (κ1) is 10.6. The molecule has 0 amide bonds. The molecule has 0 aliphatic heterocycles. The van der Waals surface area contributed by atoms with E-state index in [9.17, 15) is 0 Å². The highest BCUT2D eigenvalue weighted by Crippen LogP contribution is 2.32. The SMILES string of the molecule is Cn1nc(C(C)(C)C)c2c(Br)ccnc21. The number of fused-ring (bicyclic) bond motifs is 1. The highest BCUT2D eigenvalue weighted by atomic mass is 79.9. The van der Waals surface area contributed by atoms with Gasteiger partial charge >= 0.3 is 0 Å². The monoisotopic (exact) mass is 267 g/mol. The van der Waals surface area contributed by atoms with Gasteiger partial charge in [-0.05, 0) is 22.0 Å². The normalized spacial score (nSPS) is 12.3. The Kier molecular flexibility index (Phi) is 2.34. The number of aryl methyl sites for hydroxylation is 1. The Bertz CT molecular complexity index is 508. The van der Waals surface area contributed by atoms with E-state index >= 15 is 0 Å². The second-order valence-electron chi connectivity index (χ2n) is 4.71. The van der Waals surface area contributed by atoms with Crippen molar-refractivity contribution in [2.24, 2.45) is 7.05 Å². The molecule has 80 valence electrons. The van der Waals surface area contributed by atoms with Crippen LogP contribution in [0.3, 0.4) is 0 Å². The highest BCUT2D eigenvalue weighted by molar-refractivity contribution is 9.10. The van der Waals surface area contributed by atoms with Gasteiger partial charge in [0, 0.05) is 23.1 Å². The molecule has 0 saturated heterocycles. The van der Waals surface area contributed by atoms with Gasteiger partial charge in [-0.25, -0.2) is 4.98 Å². The lowest BCUT2D eigenvalue weighted by Gasteiger charge is -2.15. The molecule has 3 nitrogen and oxygen atoms in total. The van der Waals surface area contributed by atoms with Crippen molar-refractivity contribution in [3.05, 3.63) is 22.4 Å². The van der Waals surface area contributed by atoms with E-state index in [2.05, 4.69) is 46.8 Å². The zero-order valence-electron chi connectivity index (χ0n) is 9.37. The van der Waals surface area contributed by atoms with Crippen molar-refractivity contribution in [1.29, 1.82) is 0 Å². The van der Waals surface area contributed by atoms with Crippen molar-refractivity contribution >= 4 is 27.0 Å². The van der Waals surface area contributed by atoms with Crippen LogP contribution in [-0.2, 0) is 12.5 Å². The van der Waals surface area contributed by atoms with Crippen LogP contribution >= 0.6 is 15.9 Å². The lowest BCUT2D eigenvalue weighted by Crippen LogP contribution is -2.12. The minimum absolute atomic E-state index is 0.0328. The minimum Gasteiger partial charge on any atom is -0.250 e. The summed E-state index contributed by atoms with van der Waals surface area (Å²) in [6.07, 6.45) is 1.79. The minimum atomic E-state index is 0.0328. The Morgan fingerprint density at radius 1 is 1.33 bits per heavy atom. The first-order chi connectivity index (χ1) is 6.91. The molecule has 0 aliphatic rings. The van der Waals surface area contributed by atoms with Crippen LogP contribution in [0.2, 0.25) is 0 Å². The molecule has 0 spiro atoms. The summed E-state index contributed by atoms with van der Waals surface area (Å²) in [6.45, 7) is 6.48. The Morgan fingerprint density at radius 2 is 2.00 bits per heavy atom. The number of nitrogens with zero attached hydrogens (tertiary/aromatic N) is 3. The predicted octanol–water partition coefficient (Wildman–Crippen LogP) is 3.03. The average Bonchev–Trinajstić information content (AvgIpc) is 2.45. The molecule has 0 N–H and O–H groups in total. The summed E-state index contributed by atoms with van der Waals surface area (Å²) in [5.41, 5.74) is 2.04. The maximum atomic E-state index is 4.55. The molecule has 0 fully saturated rings. The van der Waals surface area contributed by atoms with E-state index in [1.807, 2.05) is 17.8 Å². The molecule has 2 heterocycles. The van der Waals surface area contributed by atoms with E-state index in [1.54, 1.807) is 6.20 Å². The van der Waals surface area contributed by atoms with Gasteiger partial charge in [0.25, 0.3) is 0 Å². The van der Waals surface area contributed by atoms with E-state index in [0.717, 1.165) is 21.2 Å². The summed E-state index contributed by atoms with van der Waals surface area (Å²) in [6, 6.07) is 1.96. The van der Waals surface area contributed by atoms with Crippen molar-refractivity contribution in [3.63, 3.8) is 0 Å². The van der Waals surface area contributed by atoms with Crippen LogP contribution in [-0.4, -0.2) is 14.8 Å². The topological polar surface area (TPSA) is 30.7 Å². The summed E-state index contributed by atoms with van der Waals surface area (Å²) in [5.74, 6) is 0. The highest BCUT2D eigenvalue weighted by Gasteiger charge is 2.23. The standard InChI is InChI=1S/C11H14BrN3/c1-11(2,3)9-8-7(12)5-6-13-10(8)15(4)14-9/h5-6H,1-4H3. The summed E-state index contributed by atoms with van der Waals surface area (Å²) in [4.78, 5) is 4.35. The number of halogens is 1. The third kappa shape index (κ3) is 1.67. The Morgan fingerprint density at radius 3 is 2.60 bits per heavy atom. The summed E-state index contributed by atoms with van der Waals surface area (Å²) < 4.78 is 2.89. The van der Waals surface area contributed by atoms with E-state index in [-0.39, 0.29) is 5.41 Å². The van der Waals surface area contributed by atoms with Gasteiger partial charge in [-0.2, -0.15) is 5.10 Å². The summed E-state index contributed by atoms with van der Waals surface area (Å²) in [7, 11) is 1.93. The van der Waals surface area contributed by atoms with Gasteiger partial charge in [-0.15, -0.1) is 0 Å². The van der Waals surface area contributed by atoms with Crippen molar-refractivity contribution in [3.8, 4) is 0 Å². The van der Waals surface area contributed by atoms with Crippen LogP contribution < -0.4 is 0 Å².